The number of carbonyl (C=O) groups excluding carboxylic acids is 2. The highest BCUT2D eigenvalue weighted by molar-refractivity contribution is 7.99. The third-order valence-corrected chi connectivity index (χ3v) is 6.71. The summed E-state index contributed by atoms with van der Waals surface area (Å²) in [6.45, 7) is 6.64. The first-order valence-electron chi connectivity index (χ1n) is 10.5. The van der Waals surface area contributed by atoms with Gasteiger partial charge in [-0.3, -0.25) is 9.59 Å². The van der Waals surface area contributed by atoms with Crippen LogP contribution in [-0.4, -0.2) is 35.1 Å². The van der Waals surface area contributed by atoms with Crippen LogP contribution in [0.5, 0.6) is 0 Å². The van der Waals surface area contributed by atoms with E-state index in [1.807, 2.05) is 6.92 Å². The molecule has 1 N–H and O–H groups in total. The van der Waals surface area contributed by atoms with Gasteiger partial charge in [-0.1, -0.05) is 60.3 Å². The number of amides is 2. The van der Waals surface area contributed by atoms with Gasteiger partial charge >= 0.3 is 0 Å². The Kier molecular flexibility index (Phi) is 10.7. The van der Waals surface area contributed by atoms with Crippen molar-refractivity contribution >= 4 is 46.8 Å². The normalized spacial score (nSPS) is 11.8. The summed E-state index contributed by atoms with van der Waals surface area (Å²) < 4.78 is 0. The molecular weight excluding hydrogens is 451 g/mol. The number of nitrogens with zero attached hydrogens (tertiary/aromatic N) is 1. The lowest BCUT2D eigenvalue weighted by Crippen LogP contribution is -2.48. The number of hydrogen-bond donors (Lipinski definition) is 1. The van der Waals surface area contributed by atoms with Crippen molar-refractivity contribution in [2.24, 2.45) is 0 Å². The van der Waals surface area contributed by atoms with E-state index in [4.69, 9.17) is 23.2 Å². The maximum Gasteiger partial charge on any atom is 0.242 e. The topological polar surface area (TPSA) is 49.4 Å². The summed E-state index contributed by atoms with van der Waals surface area (Å²) in [4.78, 5) is 28.5. The molecule has 0 aliphatic carbocycles. The van der Waals surface area contributed by atoms with Gasteiger partial charge in [-0.15, -0.1) is 11.8 Å². The van der Waals surface area contributed by atoms with Crippen LogP contribution in [0.1, 0.15) is 44.2 Å². The molecule has 2 aromatic carbocycles. The van der Waals surface area contributed by atoms with Crippen LogP contribution in [0.25, 0.3) is 0 Å². The van der Waals surface area contributed by atoms with Gasteiger partial charge in [0.15, 0.2) is 0 Å². The maximum absolute atomic E-state index is 13.1. The van der Waals surface area contributed by atoms with Crippen LogP contribution < -0.4 is 5.32 Å². The zero-order valence-corrected chi connectivity index (χ0v) is 20.6. The minimum absolute atomic E-state index is 0.103. The fraction of sp³-hybridized carbons (Fsp3) is 0.417. The molecular formula is C24H30Cl2N2O2S. The van der Waals surface area contributed by atoms with Gasteiger partial charge in [0, 0.05) is 45.8 Å². The Morgan fingerprint density at radius 3 is 2.35 bits per heavy atom. The molecule has 0 aliphatic heterocycles. The van der Waals surface area contributed by atoms with E-state index in [0.717, 1.165) is 17.7 Å². The molecule has 0 fully saturated rings. The van der Waals surface area contributed by atoms with Gasteiger partial charge in [-0.2, -0.15) is 0 Å². The number of nitrogens with one attached hydrogen (secondary N) is 1. The van der Waals surface area contributed by atoms with E-state index in [1.54, 1.807) is 41.8 Å². The van der Waals surface area contributed by atoms with Gasteiger partial charge in [0.05, 0.1) is 0 Å². The molecule has 2 aromatic rings. The number of unbranched alkanes of at least 4 members (excludes halogenated alkanes) is 1. The summed E-state index contributed by atoms with van der Waals surface area (Å²) in [5, 5.41) is 3.89. The highest BCUT2D eigenvalue weighted by Gasteiger charge is 2.27. The van der Waals surface area contributed by atoms with E-state index in [0.29, 0.717) is 34.3 Å². The third-order valence-electron chi connectivity index (χ3n) is 4.99. The quantitative estimate of drug-likeness (QED) is 0.311. The van der Waals surface area contributed by atoms with Crippen LogP contribution in [0.15, 0.2) is 47.4 Å². The number of benzene rings is 2. The van der Waals surface area contributed by atoms with Gasteiger partial charge < -0.3 is 10.2 Å². The number of thioether (sulfide) groups is 1. The van der Waals surface area contributed by atoms with Crippen molar-refractivity contribution in [3.63, 3.8) is 0 Å². The molecule has 0 heterocycles. The third kappa shape index (κ3) is 8.06. The number of aryl methyl sites for hydroxylation is 1. The van der Waals surface area contributed by atoms with Crippen molar-refractivity contribution in [1.29, 1.82) is 0 Å². The van der Waals surface area contributed by atoms with Crippen LogP contribution in [0.3, 0.4) is 0 Å². The standard InChI is InChI=1S/C24H30Cl2N2O2S/c1-4-5-14-27-24(30)18(3)28(16-20-21(25)7-6-8-22(20)26)23(29)13-15-31-19-11-9-17(2)10-12-19/h6-12,18H,4-5,13-16H2,1-3H3,(H,27,30). The second-order valence-corrected chi connectivity index (χ2v) is 9.44. The van der Waals surface area contributed by atoms with E-state index in [-0.39, 0.29) is 18.4 Å². The molecule has 1 atom stereocenters. The van der Waals surface area contributed by atoms with Gasteiger partial charge in [-0.05, 0) is 44.5 Å². The lowest BCUT2D eigenvalue weighted by Gasteiger charge is -2.29. The highest BCUT2D eigenvalue weighted by atomic mass is 35.5. The van der Waals surface area contributed by atoms with E-state index in [1.165, 1.54) is 5.56 Å². The van der Waals surface area contributed by atoms with E-state index in [9.17, 15) is 9.59 Å². The van der Waals surface area contributed by atoms with E-state index >= 15 is 0 Å². The molecule has 168 valence electrons. The molecule has 7 heteroatoms. The van der Waals surface area contributed by atoms with Gasteiger partial charge in [0.25, 0.3) is 0 Å². The molecule has 0 spiro atoms. The van der Waals surface area contributed by atoms with Crippen LogP contribution in [0.2, 0.25) is 10.0 Å². The van der Waals surface area contributed by atoms with Crippen molar-refractivity contribution in [1.82, 2.24) is 10.2 Å². The van der Waals surface area contributed by atoms with Crippen LogP contribution in [-0.2, 0) is 16.1 Å². The largest absolute Gasteiger partial charge is 0.354 e. The fourth-order valence-corrected chi connectivity index (χ4v) is 4.36. The van der Waals surface area contributed by atoms with Crippen LogP contribution in [0.4, 0.5) is 0 Å². The molecule has 0 radical (unpaired) electrons. The molecule has 2 amide bonds. The van der Waals surface area contributed by atoms with Gasteiger partial charge in [0.2, 0.25) is 11.8 Å². The predicted molar refractivity (Wildman–Crippen MR) is 131 cm³/mol. The first-order chi connectivity index (χ1) is 14.8. The smallest absolute Gasteiger partial charge is 0.242 e. The van der Waals surface area contributed by atoms with Crippen molar-refractivity contribution < 1.29 is 9.59 Å². The summed E-state index contributed by atoms with van der Waals surface area (Å²) in [6, 6.07) is 12.8. The molecule has 0 saturated carbocycles. The van der Waals surface area contributed by atoms with Crippen molar-refractivity contribution in [2.45, 2.75) is 57.5 Å². The van der Waals surface area contributed by atoms with Crippen molar-refractivity contribution in [2.75, 3.05) is 12.3 Å². The molecule has 0 aromatic heterocycles. The number of hydrogen-bond acceptors (Lipinski definition) is 3. The Morgan fingerprint density at radius 2 is 1.74 bits per heavy atom. The minimum Gasteiger partial charge on any atom is -0.354 e. The van der Waals surface area contributed by atoms with Gasteiger partial charge in [-0.25, -0.2) is 0 Å². The van der Waals surface area contributed by atoms with E-state index < -0.39 is 6.04 Å². The Hall–Kier alpha value is -1.69. The second kappa shape index (κ2) is 13.0. The van der Waals surface area contributed by atoms with Gasteiger partial charge in [0.1, 0.15) is 6.04 Å². The maximum atomic E-state index is 13.1. The molecule has 1 unspecified atom stereocenters. The summed E-state index contributed by atoms with van der Waals surface area (Å²) in [5.41, 5.74) is 1.85. The molecule has 31 heavy (non-hydrogen) atoms. The molecule has 2 rings (SSSR count). The Bertz CT molecular complexity index is 854. The van der Waals surface area contributed by atoms with Crippen molar-refractivity contribution in [3.8, 4) is 0 Å². The fourth-order valence-electron chi connectivity index (χ4n) is 3.01. The summed E-state index contributed by atoms with van der Waals surface area (Å²) >= 11 is 14.3. The number of carbonyl (C=O) groups is 2. The second-order valence-electron chi connectivity index (χ2n) is 7.45. The monoisotopic (exact) mass is 480 g/mol. The Balaban J connectivity index is 2.10. The highest BCUT2D eigenvalue weighted by Crippen LogP contribution is 2.27. The molecule has 0 bridgehead atoms. The predicted octanol–water partition coefficient (Wildman–Crippen LogP) is 6.12. The van der Waals surface area contributed by atoms with Crippen LogP contribution in [0, 0.1) is 6.92 Å². The summed E-state index contributed by atoms with van der Waals surface area (Å²) in [6.07, 6.45) is 2.20. The van der Waals surface area contributed by atoms with E-state index in [2.05, 4.69) is 36.5 Å². The lowest BCUT2D eigenvalue weighted by atomic mass is 10.1. The number of rotatable bonds is 11. The minimum atomic E-state index is -0.624. The van der Waals surface area contributed by atoms with Crippen LogP contribution >= 0.6 is 35.0 Å². The summed E-state index contributed by atoms with van der Waals surface area (Å²) in [7, 11) is 0. The zero-order valence-electron chi connectivity index (χ0n) is 18.3. The zero-order chi connectivity index (χ0) is 22.8. The lowest BCUT2D eigenvalue weighted by molar-refractivity contribution is -0.140. The Labute approximate surface area is 199 Å². The SMILES string of the molecule is CCCCNC(=O)C(C)N(Cc1c(Cl)cccc1Cl)C(=O)CCSc1ccc(C)cc1. The molecule has 0 aliphatic rings. The number of halogens is 2. The molecule has 0 saturated heterocycles. The average Bonchev–Trinajstić information content (AvgIpc) is 2.74. The molecule has 4 nitrogen and oxygen atoms in total. The first-order valence-corrected chi connectivity index (χ1v) is 12.3. The summed E-state index contributed by atoms with van der Waals surface area (Å²) in [5.74, 6) is 0.351. The Morgan fingerprint density at radius 1 is 1.10 bits per heavy atom. The first kappa shape index (κ1) is 25.6. The van der Waals surface area contributed by atoms with Crippen molar-refractivity contribution in [3.05, 3.63) is 63.6 Å². The average molecular weight is 481 g/mol.